The highest BCUT2D eigenvalue weighted by Gasteiger charge is 2.34. The molecule has 1 unspecified atom stereocenters. The highest BCUT2D eigenvalue weighted by atomic mass is 19.4. The molecule has 1 fully saturated rings. The Morgan fingerprint density at radius 2 is 2.06 bits per heavy atom. The van der Waals surface area contributed by atoms with Gasteiger partial charge < -0.3 is 5.32 Å². The van der Waals surface area contributed by atoms with Gasteiger partial charge in [0.25, 0.3) is 0 Å². The Hall–Kier alpha value is -1.70. The lowest BCUT2D eigenvalue weighted by atomic mass is 10.1. The van der Waals surface area contributed by atoms with E-state index in [2.05, 4.69) is 10.2 Å². The van der Waals surface area contributed by atoms with Gasteiger partial charge in [-0.15, -0.1) is 0 Å². The first-order valence-corrected chi connectivity index (χ1v) is 5.77. The largest absolute Gasteiger partial charge is 0.407 e. The summed E-state index contributed by atoms with van der Waals surface area (Å²) >= 11 is 0. The van der Waals surface area contributed by atoms with Crippen LogP contribution in [0.25, 0.3) is 4.85 Å². The predicted octanol–water partition coefficient (Wildman–Crippen LogP) is 4.47. The van der Waals surface area contributed by atoms with Crippen LogP contribution in [0.2, 0.25) is 0 Å². The normalized spacial score (nSPS) is 17.1. The predicted molar refractivity (Wildman–Crippen MR) is 63.5 cm³/mol. The van der Waals surface area contributed by atoms with Gasteiger partial charge in [-0.2, -0.15) is 13.2 Å². The molecule has 1 aliphatic carbocycles. The van der Waals surface area contributed by atoms with Crippen LogP contribution in [0.1, 0.15) is 25.3 Å². The quantitative estimate of drug-likeness (QED) is 0.787. The van der Waals surface area contributed by atoms with E-state index in [4.69, 9.17) is 6.57 Å². The van der Waals surface area contributed by atoms with Crippen LogP contribution in [-0.4, -0.2) is 6.04 Å². The van der Waals surface area contributed by atoms with E-state index >= 15 is 0 Å². The first kappa shape index (κ1) is 12.7. The summed E-state index contributed by atoms with van der Waals surface area (Å²) in [5.41, 5.74) is -0.799. The summed E-state index contributed by atoms with van der Waals surface area (Å²) < 4.78 is 38.3. The molecule has 0 heterocycles. The molecule has 0 spiro atoms. The maximum Gasteiger partial charge on any atom is 0.407 e. The van der Waals surface area contributed by atoms with Crippen molar-refractivity contribution in [1.82, 2.24) is 0 Å². The fourth-order valence-corrected chi connectivity index (χ4v) is 1.93. The second-order valence-corrected chi connectivity index (χ2v) is 4.61. The van der Waals surface area contributed by atoms with Gasteiger partial charge >= 0.3 is 6.18 Å². The summed E-state index contributed by atoms with van der Waals surface area (Å²) in [4.78, 5) is 2.91. The van der Waals surface area contributed by atoms with Gasteiger partial charge in [0.1, 0.15) is 0 Å². The second-order valence-electron chi connectivity index (χ2n) is 4.61. The molecule has 2 nitrogen and oxygen atoms in total. The molecule has 1 aromatic carbocycles. The molecule has 0 amide bonds. The van der Waals surface area contributed by atoms with Crippen molar-refractivity contribution in [3.8, 4) is 0 Å². The van der Waals surface area contributed by atoms with Crippen LogP contribution < -0.4 is 5.32 Å². The van der Waals surface area contributed by atoms with Crippen LogP contribution in [0.3, 0.4) is 0 Å². The number of hydrogen-bond donors (Lipinski definition) is 1. The van der Waals surface area contributed by atoms with E-state index in [1.807, 2.05) is 6.92 Å². The van der Waals surface area contributed by atoms with Crippen molar-refractivity contribution in [3.05, 3.63) is 35.2 Å². The van der Waals surface area contributed by atoms with Crippen molar-refractivity contribution in [3.63, 3.8) is 0 Å². The SMILES string of the molecule is [C-]#[N+]c1ccc(NC(C)C2CC2)cc1C(F)(F)F. The average Bonchev–Trinajstić information content (AvgIpc) is 3.11. The Balaban J connectivity index is 2.25. The molecule has 18 heavy (non-hydrogen) atoms. The van der Waals surface area contributed by atoms with E-state index in [-0.39, 0.29) is 11.7 Å². The van der Waals surface area contributed by atoms with Gasteiger partial charge in [0.2, 0.25) is 0 Å². The first-order chi connectivity index (χ1) is 8.41. The highest BCUT2D eigenvalue weighted by Crippen LogP contribution is 2.39. The fraction of sp³-hybridized carbons (Fsp3) is 0.462. The minimum Gasteiger partial charge on any atom is -0.382 e. The molecule has 1 aliphatic rings. The van der Waals surface area contributed by atoms with Crippen LogP contribution in [-0.2, 0) is 6.18 Å². The number of nitrogens with one attached hydrogen (secondary N) is 1. The van der Waals surface area contributed by atoms with Crippen LogP contribution in [0.5, 0.6) is 0 Å². The number of benzene rings is 1. The zero-order valence-electron chi connectivity index (χ0n) is 9.88. The number of alkyl halides is 3. The average molecular weight is 254 g/mol. The molecule has 1 N–H and O–H groups in total. The summed E-state index contributed by atoms with van der Waals surface area (Å²) in [6, 6.07) is 3.94. The molecular weight excluding hydrogens is 241 g/mol. The summed E-state index contributed by atoms with van der Waals surface area (Å²) in [6.07, 6.45) is -2.23. The Kier molecular flexibility index (Phi) is 3.20. The molecule has 1 atom stereocenters. The third-order valence-corrected chi connectivity index (χ3v) is 3.15. The molecule has 5 heteroatoms. The Labute approximate surface area is 104 Å². The van der Waals surface area contributed by atoms with E-state index in [0.29, 0.717) is 11.6 Å². The third kappa shape index (κ3) is 2.76. The monoisotopic (exact) mass is 254 g/mol. The molecule has 1 saturated carbocycles. The van der Waals surface area contributed by atoms with Gasteiger partial charge in [-0.05, 0) is 37.8 Å². The van der Waals surface area contributed by atoms with Crippen molar-refractivity contribution in [2.75, 3.05) is 5.32 Å². The fourth-order valence-electron chi connectivity index (χ4n) is 1.93. The number of anilines is 1. The lowest BCUT2D eigenvalue weighted by Crippen LogP contribution is -2.17. The molecule has 1 aromatic rings. The number of rotatable bonds is 3. The zero-order chi connectivity index (χ0) is 13.3. The van der Waals surface area contributed by atoms with E-state index in [1.165, 1.54) is 12.1 Å². The number of nitrogens with zero attached hydrogens (tertiary/aromatic N) is 1. The van der Waals surface area contributed by atoms with Crippen molar-refractivity contribution in [1.29, 1.82) is 0 Å². The summed E-state index contributed by atoms with van der Waals surface area (Å²) in [7, 11) is 0. The van der Waals surface area contributed by atoms with Crippen LogP contribution in [0.4, 0.5) is 24.5 Å². The minimum absolute atomic E-state index is 0.171. The molecule has 0 aromatic heterocycles. The smallest absolute Gasteiger partial charge is 0.382 e. The van der Waals surface area contributed by atoms with E-state index < -0.39 is 11.7 Å². The van der Waals surface area contributed by atoms with Crippen LogP contribution in [0.15, 0.2) is 18.2 Å². The molecule has 2 rings (SSSR count). The molecule has 96 valence electrons. The van der Waals surface area contributed by atoms with Gasteiger partial charge in [0, 0.05) is 11.7 Å². The first-order valence-electron chi connectivity index (χ1n) is 5.77. The Bertz CT molecular complexity index is 484. The van der Waals surface area contributed by atoms with E-state index in [9.17, 15) is 13.2 Å². The van der Waals surface area contributed by atoms with Crippen LogP contribution >= 0.6 is 0 Å². The minimum atomic E-state index is -4.49. The lowest BCUT2D eigenvalue weighted by molar-refractivity contribution is -0.136. The van der Waals surface area contributed by atoms with Gasteiger partial charge in [-0.25, -0.2) is 4.85 Å². The van der Waals surface area contributed by atoms with Crippen molar-refractivity contribution in [2.24, 2.45) is 5.92 Å². The van der Waals surface area contributed by atoms with E-state index in [0.717, 1.165) is 18.9 Å². The second kappa shape index (κ2) is 4.52. The third-order valence-electron chi connectivity index (χ3n) is 3.15. The molecule has 0 saturated heterocycles. The van der Waals surface area contributed by atoms with Crippen molar-refractivity contribution >= 4 is 11.4 Å². The number of hydrogen-bond acceptors (Lipinski definition) is 1. The zero-order valence-corrected chi connectivity index (χ0v) is 9.88. The topological polar surface area (TPSA) is 16.4 Å². The number of halogens is 3. The highest BCUT2D eigenvalue weighted by molar-refractivity contribution is 5.61. The maximum atomic E-state index is 12.8. The summed E-state index contributed by atoms with van der Waals surface area (Å²) in [5.74, 6) is 0.555. The molecular formula is C13H13F3N2. The Morgan fingerprint density at radius 1 is 1.39 bits per heavy atom. The maximum absolute atomic E-state index is 12.8. The van der Waals surface area contributed by atoms with Crippen molar-refractivity contribution in [2.45, 2.75) is 32.0 Å². The Morgan fingerprint density at radius 3 is 2.56 bits per heavy atom. The molecule has 0 radical (unpaired) electrons. The van der Waals surface area contributed by atoms with Crippen molar-refractivity contribution < 1.29 is 13.2 Å². The molecule has 0 bridgehead atoms. The van der Waals surface area contributed by atoms with Crippen LogP contribution in [0, 0.1) is 12.5 Å². The summed E-state index contributed by atoms with van der Waals surface area (Å²) in [5, 5.41) is 3.06. The summed E-state index contributed by atoms with van der Waals surface area (Å²) in [6.45, 7) is 8.73. The van der Waals surface area contributed by atoms with Gasteiger partial charge in [0.05, 0.1) is 12.1 Å². The standard InChI is InChI=1S/C13H13F3N2/c1-8(9-3-4-9)18-10-5-6-12(17-2)11(7-10)13(14,15)16/h5-9,18H,3-4H2,1H3. The molecule has 0 aliphatic heterocycles. The van der Waals surface area contributed by atoms with Gasteiger partial charge in [-0.3, -0.25) is 0 Å². The van der Waals surface area contributed by atoms with Gasteiger partial charge in [-0.1, -0.05) is 6.07 Å². The lowest BCUT2D eigenvalue weighted by Gasteiger charge is -2.16. The van der Waals surface area contributed by atoms with E-state index in [1.54, 1.807) is 0 Å². The van der Waals surface area contributed by atoms with Gasteiger partial charge in [0.15, 0.2) is 5.69 Å².